The van der Waals surface area contributed by atoms with Gasteiger partial charge in [-0.2, -0.15) is 0 Å². The SMILES string of the molecule is CCOC(=O)c1c(N)c(C(N)=O)c2ccccn12. The van der Waals surface area contributed by atoms with Gasteiger partial charge >= 0.3 is 5.97 Å². The molecular formula is C12H13N3O3. The summed E-state index contributed by atoms with van der Waals surface area (Å²) in [6.07, 6.45) is 1.63. The fourth-order valence-electron chi connectivity index (χ4n) is 1.89. The fraction of sp³-hybridized carbons (Fsp3) is 0.167. The molecule has 2 aromatic heterocycles. The van der Waals surface area contributed by atoms with Crippen LogP contribution >= 0.6 is 0 Å². The van der Waals surface area contributed by atoms with Gasteiger partial charge in [-0.15, -0.1) is 0 Å². The van der Waals surface area contributed by atoms with Crippen LogP contribution in [0.3, 0.4) is 0 Å². The van der Waals surface area contributed by atoms with Crippen molar-refractivity contribution in [3.63, 3.8) is 0 Å². The molecule has 0 aliphatic heterocycles. The summed E-state index contributed by atoms with van der Waals surface area (Å²) in [5, 5.41) is 0. The number of hydrogen-bond acceptors (Lipinski definition) is 4. The normalized spacial score (nSPS) is 10.5. The number of anilines is 1. The number of rotatable bonds is 3. The molecular weight excluding hydrogens is 234 g/mol. The number of esters is 1. The van der Waals surface area contributed by atoms with Crippen molar-refractivity contribution in [1.82, 2.24) is 4.40 Å². The largest absolute Gasteiger partial charge is 0.461 e. The fourth-order valence-corrected chi connectivity index (χ4v) is 1.89. The van der Waals surface area contributed by atoms with Crippen molar-refractivity contribution in [2.75, 3.05) is 12.3 Å². The zero-order valence-electron chi connectivity index (χ0n) is 9.84. The molecule has 0 aliphatic rings. The Kier molecular flexibility index (Phi) is 2.93. The highest BCUT2D eigenvalue weighted by molar-refractivity contribution is 6.10. The number of amides is 1. The first-order valence-corrected chi connectivity index (χ1v) is 5.43. The maximum atomic E-state index is 11.8. The Morgan fingerprint density at radius 1 is 1.39 bits per heavy atom. The van der Waals surface area contributed by atoms with Gasteiger partial charge in [0.05, 0.1) is 23.4 Å². The molecule has 2 heterocycles. The monoisotopic (exact) mass is 247 g/mol. The molecule has 94 valence electrons. The molecule has 0 saturated carbocycles. The minimum Gasteiger partial charge on any atom is -0.461 e. The van der Waals surface area contributed by atoms with Gasteiger partial charge < -0.3 is 20.6 Å². The summed E-state index contributed by atoms with van der Waals surface area (Å²) < 4.78 is 6.43. The molecule has 0 fully saturated rings. The van der Waals surface area contributed by atoms with Crippen LogP contribution in [0.5, 0.6) is 0 Å². The summed E-state index contributed by atoms with van der Waals surface area (Å²) in [7, 11) is 0. The predicted molar refractivity (Wildman–Crippen MR) is 66.3 cm³/mol. The van der Waals surface area contributed by atoms with Gasteiger partial charge in [0.2, 0.25) is 0 Å². The highest BCUT2D eigenvalue weighted by Crippen LogP contribution is 2.26. The third-order valence-electron chi connectivity index (χ3n) is 2.60. The summed E-state index contributed by atoms with van der Waals surface area (Å²) >= 11 is 0. The highest BCUT2D eigenvalue weighted by atomic mass is 16.5. The van der Waals surface area contributed by atoms with Crippen LogP contribution in [0.15, 0.2) is 24.4 Å². The van der Waals surface area contributed by atoms with Crippen LogP contribution in [0, 0.1) is 0 Å². The minimum absolute atomic E-state index is 0.0483. The maximum Gasteiger partial charge on any atom is 0.357 e. The molecule has 0 aliphatic carbocycles. The summed E-state index contributed by atoms with van der Waals surface area (Å²) in [4.78, 5) is 23.2. The van der Waals surface area contributed by atoms with E-state index in [0.29, 0.717) is 5.52 Å². The second-order valence-electron chi connectivity index (χ2n) is 3.68. The number of nitrogens with zero attached hydrogens (tertiary/aromatic N) is 1. The first-order chi connectivity index (χ1) is 8.57. The third kappa shape index (κ3) is 1.67. The second-order valence-corrected chi connectivity index (χ2v) is 3.68. The minimum atomic E-state index is -0.674. The lowest BCUT2D eigenvalue weighted by Gasteiger charge is -2.03. The van der Waals surface area contributed by atoms with Gasteiger partial charge in [0.25, 0.3) is 5.91 Å². The number of pyridine rings is 1. The van der Waals surface area contributed by atoms with Gasteiger partial charge in [-0.3, -0.25) is 4.79 Å². The predicted octanol–water partition coefficient (Wildman–Crippen LogP) is 0.797. The lowest BCUT2D eigenvalue weighted by Crippen LogP contribution is -2.14. The van der Waals surface area contributed by atoms with Gasteiger partial charge in [0.1, 0.15) is 0 Å². The molecule has 0 unspecified atom stereocenters. The first-order valence-electron chi connectivity index (χ1n) is 5.43. The van der Waals surface area contributed by atoms with E-state index in [4.69, 9.17) is 16.2 Å². The number of aromatic nitrogens is 1. The number of carbonyl (C=O) groups excluding carboxylic acids is 2. The second kappa shape index (κ2) is 4.40. The van der Waals surface area contributed by atoms with Gasteiger partial charge in [-0.05, 0) is 19.1 Å². The summed E-state index contributed by atoms with van der Waals surface area (Å²) in [5.74, 6) is -1.25. The van der Waals surface area contributed by atoms with E-state index in [1.165, 1.54) is 4.40 Å². The van der Waals surface area contributed by atoms with E-state index in [2.05, 4.69) is 0 Å². The van der Waals surface area contributed by atoms with Gasteiger partial charge in [-0.1, -0.05) is 6.07 Å². The number of nitrogens with two attached hydrogens (primary N) is 2. The van der Waals surface area contributed by atoms with Crippen LogP contribution in [0.1, 0.15) is 27.8 Å². The molecule has 6 nitrogen and oxygen atoms in total. The summed E-state index contributed by atoms with van der Waals surface area (Å²) in [5.41, 5.74) is 11.9. The first kappa shape index (κ1) is 12.0. The molecule has 18 heavy (non-hydrogen) atoms. The van der Waals surface area contributed by atoms with Crippen LogP contribution in [-0.4, -0.2) is 22.9 Å². The van der Waals surface area contributed by atoms with Crippen molar-refractivity contribution in [3.8, 4) is 0 Å². The third-order valence-corrected chi connectivity index (χ3v) is 2.60. The molecule has 0 spiro atoms. The Morgan fingerprint density at radius 2 is 2.11 bits per heavy atom. The topological polar surface area (TPSA) is 99.8 Å². The van der Waals surface area contributed by atoms with Crippen LogP contribution in [-0.2, 0) is 4.74 Å². The number of carbonyl (C=O) groups is 2. The van der Waals surface area contributed by atoms with Crippen LogP contribution < -0.4 is 11.5 Å². The molecule has 2 aromatic rings. The van der Waals surface area contributed by atoms with E-state index in [-0.39, 0.29) is 23.6 Å². The van der Waals surface area contributed by atoms with Crippen molar-refractivity contribution < 1.29 is 14.3 Å². The van der Waals surface area contributed by atoms with Crippen LogP contribution in [0.25, 0.3) is 5.52 Å². The Labute approximate surface area is 103 Å². The van der Waals surface area contributed by atoms with E-state index in [1.54, 1.807) is 31.3 Å². The quantitative estimate of drug-likeness (QED) is 0.783. The Hall–Kier alpha value is -2.50. The zero-order valence-corrected chi connectivity index (χ0v) is 9.84. The standard InChI is InChI=1S/C12H13N3O3/c1-2-18-12(17)10-9(13)8(11(14)16)7-5-3-4-6-15(7)10/h3-6H,2,13H2,1H3,(H2,14,16). The maximum absolute atomic E-state index is 11.8. The van der Waals surface area contributed by atoms with E-state index in [9.17, 15) is 9.59 Å². The average Bonchev–Trinajstić information content (AvgIpc) is 2.61. The van der Waals surface area contributed by atoms with Crippen molar-refractivity contribution in [3.05, 3.63) is 35.7 Å². The number of primary amides is 1. The molecule has 0 radical (unpaired) electrons. The van der Waals surface area contributed by atoms with E-state index in [0.717, 1.165) is 0 Å². The Bertz CT molecular complexity index is 631. The number of nitrogen functional groups attached to an aromatic ring is 1. The smallest absolute Gasteiger partial charge is 0.357 e. The van der Waals surface area contributed by atoms with Crippen LogP contribution in [0.2, 0.25) is 0 Å². The highest BCUT2D eigenvalue weighted by Gasteiger charge is 2.24. The molecule has 0 aromatic carbocycles. The van der Waals surface area contributed by atoms with Crippen molar-refractivity contribution in [2.24, 2.45) is 5.73 Å². The molecule has 2 rings (SSSR count). The molecule has 6 heteroatoms. The van der Waals surface area contributed by atoms with E-state index in [1.807, 2.05) is 0 Å². The number of hydrogen-bond donors (Lipinski definition) is 2. The Balaban J connectivity index is 2.77. The molecule has 1 amide bonds. The van der Waals surface area contributed by atoms with Crippen LogP contribution in [0.4, 0.5) is 5.69 Å². The van der Waals surface area contributed by atoms with Gasteiger partial charge in [0, 0.05) is 6.20 Å². The lowest BCUT2D eigenvalue weighted by atomic mass is 10.2. The van der Waals surface area contributed by atoms with Crippen molar-refractivity contribution >= 4 is 23.1 Å². The van der Waals surface area contributed by atoms with Gasteiger partial charge in [-0.25, -0.2) is 4.79 Å². The molecule has 0 atom stereocenters. The lowest BCUT2D eigenvalue weighted by molar-refractivity contribution is 0.0519. The summed E-state index contributed by atoms with van der Waals surface area (Å²) in [6, 6.07) is 5.12. The van der Waals surface area contributed by atoms with E-state index >= 15 is 0 Å². The molecule has 0 saturated heterocycles. The zero-order chi connectivity index (χ0) is 13.3. The molecule has 0 bridgehead atoms. The van der Waals surface area contributed by atoms with E-state index < -0.39 is 11.9 Å². The van der Waals surface area contributed by atoms with Gasteiger partial charge in [0.15, 0.2) is 5.69 Å². The summed E-state index contributed by atoms with van der Waals surface area (Å²) in [6.45, 7) is 1.92. The van der Waals surface area contributed by atoms with Crippen molar-refractivity contribution in [1.29, 1.82) is 0 Å². The van der Waals surface area contributed by atoms with Crippen molar-refractivity contribution in [2.45, 2.75) is 6.92 Å². The Morgan fingerprint density at radius 3 is 2.72 bits per heavy atom. The molecule has 4 N–H and O–H groups in total. The number of ether oxygens (including phenoxy) is 1. The average molecular weight is 247 g/mol. The number of fused-ring (bicyclic) bond motifs is 1.